The SMILES string of the molecule is Clc1cccc(C2(c3ccccc3)CCCCCO2)c1. The van der Waals surface area contributed by atoms with Gasteiger partial charge in [0.1, 0.15) is 5.60 Å². The van der Waals surface area contributed by atoms with E-state index in [1.54, 1.807) is 0 Å². The largest absolute Gasteiger partial charge is 0.366 e. The molecule has 1 aliphatic heterocycles. The van der Waals surface area contributed by atoms with Gasteiger partial charge in [-0.1, -0.05) is 60.5 Å². The zero-order valence-corrected chi connectivity index (χ0v) is 12.3. The van der Waals surface area contributed by atoms with Crippen molar-refractivity contribution in [3.63, 3.8) is 0 Å². The Labute approximate surface area is 125 Å². The third-order valence-corrected chi connectivity index (χ3v) is 4.29. The molecule has 0 spiro atoms. The Bertz CT molecular complexity index is 557. The maximum Gasteiger partial charge on any atom is 0.118 e. The van der Waals surface area contributed by atoms with Gasteiger partial charge in [-0.25, -0.2) is 0 Å². The molecule has 1 aliphatic rings. The van der Waals surface area contributed by atoms with E-state index in [1.807, 2.05) is 24.3 Å². The van der Waals surface area contributed by atoms with Crippen LogP contribution in [0.3, 0.4) is 0 Å². The molecule has 1 unspecified atom stereocenters. The summed E-state index contributed by atoms with van der Waals surface area (Å²) in [5.74, 6) is 0. The van der Waals surface area contributed by atoms with Crippen LogP contribution in [0.25, 0.3) is 0 Å². The molecular weight excluding hydrogens is 268 g/mol. The quantitative estimate of drug-likeness (QED) is 0.739. The van der Waals surface area contributed by atoms with Crippen LogP contribution in [0, 0.1) is 0 Å². The fraction of sp³-hybridized carbons (Fsp3) is 0.333. The molecule has 0 N–H and O–H groups in total. The second-order valence-corrected chi connectivity index (χ2v) is 5.80. The van der Waals surface area contributed by atoms with E-state index in [4.69, 9.17) is 16.3 Å². The Balaban J connectivity index is 2.12. The molecule has 2 aromatic carbocycles. The van der Waals surface area contributed by atoms with Crippen LogP contribution >= 0.6 is 11.6 Å². The average Bonchev–Trinajstić information content (AvgIpc) is 2.75. The van der Waals surface area contributed by atoms with Gasteiger partial charge in [0, 0.05) is 11.6 Å². The zero-order valence-electron chi connectivity index (χ0n) is 11.5. The van der Waals surface area contributed by atoms with E-state index < -0.39 is 0 Å². The van der Waals surface area contributed by atoms with Crippen LogP contribution in [-0.4, -0.2) is 6.61 Å². The van der Waals surface area contributed by atoms with Crippen molar-refractivity contribution in [2.75, 3.05) is 6.61 Å². The number of hydrogen-bond donors (Lipinski definition) is 0. The van der Waals surface area contributed by atoms with Gasteiger partial charge in [-0.3, -0.25) is 0 Å². The van der Waals surface area contributed by atoms with Gasteiger partial charge in [0.25, 0.3) is 0 Å². The lowest BCUT2D eigenvalue weighted by Crippen LogP contribution is -2.30. The summed E-state index contributed by atoms with van der Waals surface area (Å²) in [5.41, 5.74) is 2.05. The number of rotatable bonds is 2. The first kappa shape index (κ1) is 13.7. The first-order chi connectivity index (χ1) is 9.81. The summed E-state index contributed by atoms with van der Waals surface area (Å²) in [4.78, 5) is 0. The monoisotopic (exact) mass is 286 g/mol. The summed E-state index contributed by atoms with van der Waals surface area (Å²) in [6.45, 7) is 0.807. The molecule has 0 aliphatic carbocycles. The van der Waals surface area contributed by atoms with Crippen molar-refractivity contribution in [2.24, 2.45) is 0 Å². The smallest absolute Gasteiger partial charge is 0.118 e. The van der Waals surface area contributed by atoms with Gasteiger partial charge in [0.05, 0.1) is 0 Å². The highest BCUT2D eigenvalue weighted by Crippen LogP contribution is 2.41. The summed E-state index contributed by atoms with van der Waals surface area (Å²) in [6.07, 6.45) is 4.56. The van der Waals surface area contributed by atoms with Gasteiger partial charge in [0.15, 0.2) is 0 Å². The molecule has 1 nitrogen and oxygen atoms in total. The Morgan fingerprint density at radius 2 is 1.65 bits per heavy atom. The highest BCUT2D eigenvalue weighted by molar-refractivity contribution is 6.30. The summed E-state index contributed by atoms with van der Waals surface area (Å²) < 4.78 is 6.36. The third kappa shape index (κ3) is 2.61. The van der Waals surface area contributed by atoms with Gasteiger partial charge < -0.3 is 4.74 Å². The lowest BCUT2D eigenvalue weighted by Gasteiger charge is -2.34. The highest BCUT2D eigenvalue weighted by Gasteiger charge is 2.36. The normalized spacial score (nSPS) is 23.2. The first-order valence-electron chi connectivity index (χ1n) is 7.27. The molecule has 1 atom stereocenters. The van der Waals surface area contributed by atoms with Crippen molar-refractivity contribution >= 4 is 11.6 Å². The van der Waals surface area contributed by atoms with Gasteiger partial charge in [0.2, 0.25) is 0 Å². The fourth-order valence-corrected chi connectivity index (χ4v) is 3.23. The number of ether oxygens (including phenoxy) is 1. The van der Waals surface area contributed by atoms with E-state index in [-0.39, 0.29) is 5.60 Å². The van der Waals surface area contributed by atoms with Gasteiger partial charge in [-0.05, 0) is 42.5 Å². The van der Waals surface area contributed by atoms with Crippen LogP contribution in [-0.2, 0) is 10.3 Å². The Kier molecular flexibility index (Phi) is 4.09. The van der Waals surface area contributed by atoms with Crippen molar-refractivity contribution in [3.8, 4) is 0 Å². The standard InChI is InChI=1S/C18H19ClO/c19-17-11-7-10-16(14-17)18(12-5-2-6-13-20-18)15-8-3-1-4-9-15/h1,3-4,7-11,14H,2,5-6,12-13H2. The highest BCUT2D eigenvalue weighted by atomic mass is 35.5. The molecule has 104 valence electrons. The summed E-state index contributed by atoms with van der Waals surface area (Å²) >= 11 is 6.20. The molecule has 20 heavy (non-hydrogen) atoms. The van der Waals surface area contributed by atoms with Crippen molar-refractivity contribution in [3.05, 3.63) is 70.7 Å². The second-order valence-electron chi connectivity index (χ2n) is 5.36. The minimum absolute atomic E-state index is 0.345. The third-order valence-electron chi connectivity index (χ3n) is 4.05. The molecule has 1 fully saturated rings. The molecule has 2 heteroatoms. The molecule has 3 rings (SSSR count). The molecule has 0 saturated carbocycles. The molecular formula is C18H19ClO. The molecule has 0 aromatic heterocycles. The second kappa shape index (κ2) is 5.99. The van der Waals surface area contributed by atoms with Crippen LogP contribution in [0.2, 0.25) is 5.02 Å². The van der Waals surface area contributed by atoms with Gasteiger partial charge >= 0.3 is 0 Å². The number of halogens is 1. The van der Waals surface area contributed by atoms with Crippen LogP contribution in [0.1, 0.15) is 36.8 Å². The first-order valence-corrected chi connectivity index (χ1v) is 7.65. The molecule has 2 aromatic rings. The fourth-order valence-electron chi connectivity index (χ4n) is 3.04. The Hall–Kier alpha value is -1.31. The lowest BCUT2D eigenvalue weighted by atomic mass is 9.82. The predicted octanol–water partition coefficient (Wildman–Crippen LogP) is 5.17. The van der Waals surface area contributed by atoms with Gasteiger partial charge in [-0.15, -0.1) is 0 Å². The van der Waals surface area contributed by atoms with E-state index in [9.17, 15) is 0 Å². The zero-order chi connectivity index (χ0) is 13.8. The van der Waals surface area contributed by atoms with Gasteiger partial charge in [-0.2, -0.15) is 0 Å². The van der Waals surface area contributed by atoms with Crippen molar-refractivity contribution < 1.29 is 4.74 Å². The molecule has 0 amide bonds. The van der Waals surface area contributed by atoms with Crippen molar-refractivity contribution in [1.82, 2.24) is 0 Å². The maximum absolute atomic E-state index is 6.36. The van der Waals surface area contributed by atoms with E-state index in [2.05, 4.69) is 30.3 Å². The Morgan fingerprint density at radius 3 is 2.45 bits per heavy atom. The van der Waals surface area contributed by atoms with E-state index in [1.165, 1.54) is 18.4 Å². The van der Waals surface area contributed by atoms with E-state index in [0.29, 0.717) is 0 Å². The minimum atomic E-state index is -0.345. The lowest BCUT2D eigenvalue weighted by molar-refractivity contribution is -0.0146. The molecule has 1 heterocycles. The van der Waals surface area contributed by atoms with Crippen LogP contribution in [0.4, 0.5) is 0 Å². The summed E-state index contributed by atoms with van der Waals surface area (Å²) in [6, 6.07) is 18.6. The Morgan fingerprint density at radius 1 is 0.850 bits per heavy atom. The van der Waals surface area contributed by atoms with E-state index >= 15 is 0 Å². The average molecular weight is 287 g/mol. The van der Waals surface area contributed by atoms with E-state index in [0.717, 1.165) is 30.0 Å². The van der Waals surface area contributed by atoms with Crippen molar-refractivity contribution in [2.45, 2.75) is 31.3 Å². The van der Waals surface area contributed by atoms with Crippen LogP contribution in [0.5, 0.6) is 0 Å². The predicted molar refractivity (Wildman–Crippen MR) is 83.1 cm³/mol. The summed E-state index contributed by atoms with van der Waals surface area (Å²) in [7, 11) is 0. The molecule has 0 bridgehead atoms. The summed E-state index contributed by atoms with van der Waals surface area (Å²) in [5, 5.41) is 0.769. The molecule has 1 saturated heterocycles. The minimum Gasteiger partial charge on any atom is -0.366 e. The topological polar surface area (TPSA) is 9.23 Å². The van der Waals surface area contributed by atoms with Crippen LogP contribution < -0.4 is 0 Å². The number of benzene rings is 2. The maximum atomic E-state index is 6.36. The molecule has 0 radical (unpaired) electrons. The number of hydrogen-bond acceptors (Lipinski definition) is 1. The van der Waals surface area contributed by atoms with Crippen molar-refractivity contribution in [1.29, 1.82) is 0 Å². The van der Waals surface area contributed by atoms with Crippen LogP contribution in [0.15, 0.2) is 54.6 Å².